The van der Waals surface area contributed by atoms with Crippen LogP contribution < -0.4 is 5.32 Å². The highest BCUT2D eigenvalue weighted by Gasteiger charge is 2.34. The van der Waals surface area contributed by atoms with Crippen LogP contribution in [0.15, 0.2) is 0 Å². The summed E-state index contributed by atoms with van der Waals surface area (Å²) in [6, 6.07) is 0. The molecule has 0 saturated heterocycles. The van der Waals surface area contributed by atoms with E-state index in [1.165, 1.54) is 11.3 Å². The van der Waals surface area contributed by atoms with Crippen molar-refractivity contribution in [3.05, 3.63) is 16.0 Å². The summed E-state index contributed by atoms with van der Waals surface area (Å²) >= 11 is 18.1. The first-order valence-electron chi connectivity index (χ1n) is 6.93. The number of hydrogen-bond donors (Lipinski definition) is 1. The fourth-order valence-corrected chi connectivity index (χ4v) is 3.97. The van der Waals surface area contributed by atoms with Crippen LogP contribution >= 0.6 is 46.1 Å². The Morgan fingerprint density at radius 2 is 2.09 bits per heavy atom. The fourth-order valence-electron chi connectivity index (χ4n) is 2.43. The minimum absolute atomic E-state index is 0.262. The van der Waals surface area contributed by atoms with Gasteiger partial charge in [0.05, 0.1) is 12.2 Å². The lowest BCUT2D eigenvalue weighted by atomic mass is 9.88. The van der Waals surface area contributed by atoms with E-state index in [0.29, 0.717) is 16.5 Å². The van der Waals surface area contributed by atoms with Gasteiger partial charge in [0, 0.05) is 4.88 Å². The summed E-state index contributed by atoms with van der Waals surface area (Å²) in [7, 11) is 0. The van der Waals surface area contributed by atoms with Crippen molar-refractivity contribution in [2.45, 2.75) is 36.9 Å². The number of carbonyl (C=O) groups excluding carboxylic acids is 2. The molecule has 0 aliphatic heterocycles. The molecule has 1 aromatic rings. The molecule has 0 spiro atoms. The Morgan fingerprint density at radius 3 is 2.68 bits per heavy atom. The molecule has 1 aliphatic rings. The van der Waals surface area contributed by atoms with Gasteiger partial charge in [0.25, 0.3) is 9.70 Å². The Labute approximate surface area is 148 Å². The van der Waals surface area contributed by atoms with Crippen LogP contribution in [0.3, 0.4) is 0 Å². The molecule has 8 heteroatoms. The maximum Gasteiger partial charge on any atom is 0.341 e. The summed E-state index contributed by atoms with van der Waals surface area (Å²) in [5.41, 5.74) is 1.34. The number of rotatable bonds is 3. The number of ether oxygens (including phenoxy) is 1. The van der Waals surface area contributed by atoms with E-state index >= 15 is 0 Å². The van der Waals surface area contributed by atoms with Crippen LogP contribution in [0.4, 0.5) is 5.00 Å². The molecule has 1 aromatic heterocycles. The second-order valence-electron chi connectivity index (χ2n) is 5.23. The van der Waals surface area contributed by atoms with E-state index in [-0.39, 0.29) is 6.61 Å². The third-order valence-electron chi connectivity index (χ3n) is 3.48. The van der Waals surface area contributed by atoms with Crippen molar-refractivity contribution in [2.24, 2.45) is 5.92 Å². The summed E-state index contributed by atoms with van der Waals surface area (Å²) in [6.45, 7) is 4.16. The highest BCUT2D eigenvalue weighted by molar-refractivity contribution is 7.17. The molecule has 122 valence electrons. The number of esters is 1. The molecule has 1 N–H and O–H groups in total. The van der Waals surface area contributed by atoms with Gasteiger partial charge >= 0.3 is 5.97 Å². The quantitative estimate of drug-likeness (QED) is 0.622. The van der Waals surface area contributed by atoms with E-state index in [2.05, 4.69) is 12.2 Å². The first kappa shape index (κ1) is 17.9. The van der Waals surface area contributed by atoms with Crippen LogP contribution in [0.2, 0.25) is 0 Å². The standard InChI is InChI=1S/C14H16Cl3NO3S/c1-3-21-12(19)10-8-5-4-7(2)6-9(8)22-11(10)18-13(20)14(15,16)17/h7H,3-6H2,1-2H3,(H,18,20)/t7-/m1/s1. The average molecular weight is 385 g/mol. The molecule has 4 nitrogen and oxygen atoms in total. The van der Waals surface area contributed by atoms with Crippen molar-refractivity contribution in [1.29, 1.82) is 0 Å². The SMILES string of the molecule is CCOC(=O)c1c(NC(=O)C(Cl)(Cl)Cl)sc2c1CC[C@@H](C)C2. The predicted molar refractivity (Wildman–Crippen MR) is 90.4 cm³/mol. The van der Waals surface area contributed by atoms with E-state index in [1.54, 1.807) is 6.92 Å². The molecule has 0 unspecified atom stereocenters. The maximum atomic E-state index is 12.2. The fraction of sp³-hybridized carbons (Fsp3) is 0.571. The third kappa shape index (κ3) is 3.88. The van der Waals surface area contributed by atoms with Crippen LogP contribution in [0, 0.1) is 5.92 Å². The zero-order valence-corrected chi connectivity index (χ0v) is 15.3. The molecular weight excluding hydrogens is 369 g/mol. The average Bonchev–Trinajstić information content (AvgIpc) is 2.74. The van der Waals surface area contributed by atoms with Crippen molar-refractivity contribution in [3.8, 4) is 0 Å². The van der Waals surface area contributed by atoms with Gasteiger partial charge < -0.3 is 10.1 Å². The second-order valence-corrected chi connectivity index (χ2v) is 8.61. The lowest BCUT2D eigenvalue weighted by molar-refractivity contribution is -0.115. The maximum absolute atomic E-state index is 12.2. The van der Waals surface area contributed by atoms with Crippen LogP contribution in [-0.4, -0.2) is 22.3 Å². The lowest BCUT2D eigenvalue weighted by Gasteiger charge is -2.18. The van der Waals surface area contributed by atoms with Crippen molar-refractivity contribution in [2.75, 3.05) is 11.9 Å². The van der Waals surface area contributed by atoms with E-state index < -0.39 is 15.7 Å². The molecule has 22 heavy (non-hydrogen) atoms. The van der Waals surface area contributed by atoms with Gasteiger partial charge in [-0.3, -0.25) is 4.79 Å². The normalized spacial score (nSPS) is 17.8. The van der Waals surface area contributed by atoms with Crippen molar-refractivity contribution in [1.82, 2.24) is 0 Å². The van der Waals surface area contributed by atoms with Crippen molar-refractivity contribution in [3.63, 3.8) is 0 Å². The highest BCUT2D eigenvalue weighted by Crippen LogP contribution is 2.41. The smallest absolute Gasteiger partial charge is 0.341 e. The number of alkyl halides is 3. The number of thiophene rings is 1. The summed E-state index contributed by atoms with van der Waals surface area (Å²) < 4.78 is 3.02. The van der Waals surface area contributed by atoms with Gasteiger partial charge in [-0.2, -0.15) is 0 Å². The number of fused-ring (bicyclic) bond motifs is 1. The summed E-state index contributed by atoms with van der Waals surface area (Å²) in [6.07, 6.45) is 2.65. The van der Waals surface area contributed by atoms with Crippen LogP contribution in [-0.2, 0) is 22.4 Å². The third-order valence-corrected chi connectivity index (χ3v) is 5.16. The lowest BCUT2D eigenvalue weighted by Crippen LogP contribution is -2.27. The number of carbonyl (C=O) groups is 2. The summed E-state index contributed by atoms with van der Waals surface area (Å²) in [5.74, 6) is -0.693. The minimum Gasteiger partial charge on any atom is -0.462 e. The number of hydrogen-bond acceptors (Lipinski definition) is 4. The molecular formula is C14H16Cl3NO3S. The molecule has 1 aliphatic carbocycles. The molecule has 1 atom stereocenters. The number of nitrogens with one attached hydrogen (secondary N) is 1. The molecule has 0 fully saturated rings. The first-order valence-corrected chi connectivity index (χ1v) is 8.88. The van der Waals surface area contributed by atoms with E-state index in [9.17, 15) is 9.59 Å². The van der Waals surface area contributed by atoms with E-state index in [1.807, 2.05) is 0 Å². The Morgan fingerprint density at radius 1 is 1.41 bits per heavy atom. The second kappa shape index (κ2) is 6.95. The molecule has 0 radical (unpaired) electrons. The van der Waals surface area contributed by atoms with Crippen molar-refractivity contribution < 1.29 is 14.3 Å². The topological polar surface area (TPSA) is 55.4 Å². The Hall–Kier alpha value is -0.490. The van der Waals surface area contributed by atoms with Crippen molar-refractivity contribution >= 4 is 63.0 Å². The molecule has 0 aromatic carbocycles. The van der Waals surface area contributed by atoms with Crippen LogP contribution in [0.1, 0.15) is 41.1 Å². The van der Waals surface area contributed by atoms with Gasteiger partial charge in [0.2, 0.25) is 0 Å². The largest absolute Gasteiger partial charge is 0.462 e. The summed E-state index contributed by atoms with van der Waals surface area (Å²) in [5, 5.41) is 2.94. The molecule has 0 bridgehead atoms. The molecule has 1 amide bonds. The van der Waals surface area contributed by atoms with E-state index in [0.717, 1.165) is 29.7 Å². The predicted octanol–water partition coefficient (Wildman–Crippen LogP) is 4.36. The van der Waals surface area contributed by atoms with Gasteiger partial charge in [-0.25, -0.2) is 4.79 Å². The molecule has 2 rings (SSSR count). The highest BCUT2D eigenvalue weighted by atomic mass is 35.6. The van der Waals surface area contributed by atoms with Crippen LogP contribution in [0.25, 0.3) is 0 Å². The van der Waals surface area contributed by atoms with Gasteiger partial charge in [-0.05, 0) is 37.7 Å². The number of halogens is 3. The Balaban J connectivity index is 2.39. The van der Waals surface area contributed by atoms with Gasteiger partial charge in [-0.1, -0.05) is 41.7 Å². The molecule has 1 heterocycles. The zero-order valence-electron chi connectivity index (χ0n) is 12.2. The van der Waals surface area contributed by atoms with E-state index in [4.69, 9.17) is 39.5 Å². The first-order chi connectivity index (χ1) is 10.2. The Kier molecular flexibility index (Phi) is 5.64. The minimum atomic E-state index is -2.08. The number of amides is 1. The molecule has 0 saturated carbocycles. The Bertz CT molecular complexity index is 595. The monoisotopic (exact) mass is 383 g/mol. The summed E-state index contributed by atoms with van der Waals surface area (Å²) in [4.78, 5) is 25.2. The zero-order chi connectivity index (χ0) is 16.5. The van der Waals surface area contributed by atoms with Crippen LogP contribution in [0.5, 0.6) is 0 Å². The van der Waals surface area contributed by atoms with Gasteiger partial charge in [-0.15, -0.1) is 11.3 Å². The van der Waals surface area contributed by atoms with Gasteiger partial charge in [0.1, 0.15) is 5.00 Å². The number of anilines is 1. The van der Waals surface area contributed by atoms with Gasteiger partial charge in [0.15, 0.2) is 0 Å².